The summed E-state index contributed by atoms with van der Waals surface area (Å²) in [5, 5.41) is 23.2. The summed E-state index contributed by atoms with van der Waals surface area (Å²) in [6.07, 6.45) is 4.55. The van der Waals surface area contributed by atoms with E-state index in [0.29, 0.717) is 26.1 Å². The summed E-state index contributed by atoms with van der Waals surface area (Å²) in [5.41, 5.74) is -3.41. The highest BCUT2D eigenvalue weighted by molar-refractivity contribution is 5.41. The number of fused-ring (bicyclic) bond motifs is 3. The van der Waals surface area contributed by atoms with E-state index in [1.165, 1.54) is 0 Å². The van der Waals surface area contributed by atoms with E-state index < -0.39 is 16.8 Å². The molecule has 3 aliphatic carbocycles. The highest BCUT2D eigenvalue weighted by atomic mass is 16.6. The van der Waals surface area contributed by atoms with Gasteiger partial charge >= 0.3 is 0 Å². The van der Waals surface area contributed by atoms with E-state index in [1.54, 1.807) is 6.08 Å². The zero-order valence-electron chi connectivity index (χ0n) is 13.9. The monoisotopic (exact) mass is 308 g/mol. The first-order chi connectivity index (χ1) is 10.2. The van der Waals surface area contributed by atoms with Gasteiger partial charge in [-0.15, -0.1) is 6.58 Å². The predicted molar refractivity (Wildman–Crippen MR) is 82.4 cm³/mol. The lowest BCUT2D eigenvalue weighted by Crippen LogP contribution is -2.69. The van der Waals surface area contributed by atoms with Crippen LogP contribution in [-0.4, -0.2) is 46.3 Å². The molecule has 0 aromatic rings. The van der Waals surface area contributed by atoms with Crippen molar-refractivity contribution in [2.75, 3.05) is 13.2 Å². The van der Waals surface area contributed by atoms with E-state index >= 15 is 0 Å². The lowest BCUT2D eigenvalue weighted by Gasteiger charge is -2.54. The minimum atomic E-state index is -1.12. The second-order valence-corrected chi connectivity index (χ2v) is 8.49. The van der Waals surface area contributed by atoms with Gasteiger partial charge in [0.2, 0.25) is 0 Å². The molecule has 1 spiro atoms. The molecule has 0 radical (unpaired) electrons. The third-order valence-corrected chi connectivity index (χ3v) is 8.05. The van der Waals surface area contributed by atoms with Gasteiger partial charge in [0.1, 0.15) is 16.8 Å². The summed E-state index contributed by atoms with van der Waals surface area (Å²) < 4.78 is 12.4. The van der Waals surface area contributed by atoms with E-state index in [2.05, 4.69) is 20.4 Å². The van der Waals surface area contributed by atoms with E-state index in [4.69, 9.17) is 9.47 Å². The molecule has 1 heterocycles. The van der Waals surface area contributed by atoms with Gasteiger partial charge < -0.3 is 19.7 Å². The Morgan fingerprint density at radius 3 is 2.55 bits per heavy atom. The molecule has 1 saturated heterocycles. The summed E-state index contributed by atoms with van der Waals surface area (Å²) in [7, 11) is 0. The van der Waals surface area contributed by atoms with E-state index in [9.17, 15) is 10.2 Å². The Morgan fingerprint density at radius 2 is 1.86 bits per heavy atom. The average Bonchev–Trinajstić information content (AvgIpc) is 3.03. The molecule has 3 saturated carbocycles. The van der Waals surface area contributed by atoms with Gasteiger partial charge in [0.15, 0.2) is 0 Å². The normalized spacial score (nSPS) is 62.2. The first-order valence-corrected chi connectivity index (χ1v) is 8.55. The Morgan fingerprint density at radius 1 is 1.18 bits per heavy atom. The topological polar surface area (TPSA) is 58.9 Å². The van der Waals surface area contributed by atoms with Gasteiger partial charge in [0.05, 0.1) is 19.3 Å². The van der Waals surface area contributed by atoms with Crippen molar-refractivity contribution in [3.8, 4) is 0 Å². The number of ether oxygens (including phenoxy) is 2. The number of rotatable bonds is 3. The van der Waals surface area contributed by atoms with E-state index in [0.717, 1.165) is 12.8 Å². The first-order valence-electron chi connectivity index (χ1n) is 8.55. The van der Waals surface area contributed by atoms with Crippen LogP contribution in [0, 0.1) is 16.7 Å². The summed E-state index contributed by atoms with van der Waals surface area (Å²) in [4.78, 5) is 0. The summed E-state index contributed by atoms with van der Waals surface area (Å²) in [6, 6.07) is 0. The fourth-order valence-electron chi connectivity index (χ4n) is 6.85. The van der Waals surface area contributed by atoms with E-state index in [-0.39, 0.29) is 22.9 Å². The molecular weight excluding hydrogens is 280 g/mol. The third kappa shape index (κ3) is 1.12. The van der Waals surface area contributed by atoms with Gasteiger partial charge in [-0.05, 0) is 25.7 Å². The molecule has 2 bridgehead atoms. The Kier molecular flexibility index (Phi) is 2.73. The zero-order valence-corrected chi connectivity index (χ0v) is 13.9. The SMILES string of the molecule is C=CCO[C@H]1[C@]2(O)CC[C@@]1(C)[C@]1(C)CC[C@@]3(O)[C@@H](C)CO[C@@]132. The van der Waals surface area contributed by atoms with Crippen LogP contribution >= 0.6 is 0 Å². The smallest absolute Gasteiger partial charge is 0.134 e. The molecule has 0 aromatic heterocycles. The van der Waals surface area contributed by atoms with Gasteiger partial charge in [-0.3, -0.25) is 0 Å². The summed E-state index contributed by atoms with van der Waals surface area (Å²) in [5.74, 6) is 0.0429. The largest absolute Gasteiger partial charge is 0.386 e. The van der Waals surface area contributed by atoms with Crippen LogP contribution in [0.1, 0.15) is 46.5 Å². The fraction of sp³-hybridized carbons (Fsp3) is 0.889. The average molecular weight is 308 g/mol. The van der Waals surface area contributed by atoms with Crippen molar-refractivity contribution >= 4 is 0 Å². The molecule has 4 rings (SSSR count). The van der Waals surface area contributed by atoms with Gasteiger partial charge in [0.25, 0.3) is 0 Å². The van der Waals surface area contributed by atoms with Crippen molar-refractivity contribution in [2.24, 2.45) is 16.7 Å². The van der Waals surface area contributed by atoms with Crippen LogP contribution in [0.15, 0.2) is 12.7 Å². The second-order valence-electron chi connectivity index (χ2n) is 8.49. The van der Waals surface area contributed by atoms with Gasteiger partial charge in [0, 0.05) is 16.7 Å². The van der Waals surface area contributed by atoms with Gasteiger partial charge in [-0.1, -0.05) is 26.8 Å². The van der Waals surface area contributed by atoms with Crippen molar-refractivity contribution in [1.29, 1.82) is 0 Å². The molecule has 0 amide bonds. The molecular formula is C18H28O4. The Balaban J connectivity index is 1.91. The van der Waals surface area contributed by atoms with Gasteiger partial charge in [-0.2, -0.15) is 0 Å². The molecule has 4 heteroatoms. The van der Waals surface area contributed by atoms with Crippen LogP contribution in [0.4, 0.5) is 0 Å². The number of hydrogen-bond acceptors (Lipinski definition) is 4. The van der Waals surface area contributed by atoms with E-state index in [1.807, 2.05) is 6.92 Å². The summed E-state index contributed by atoms with van der Waals surface area (Å²) in [6.45, 7) is 11.1. The molecule has 4 fully saturated rings. The van der Waals surface area contributed by atoms with Crippen LogP contribution in [0.5, 0.6) is 0 Å². The quantitative estimate of drug-likeness (QED) is 0.783. The summed E-state index contributed by atoms with van der Waals surface area (Å²) >= 11 is 0. The van der Waals surface area contributed by atoms with Crippen LogP contribution in [0.3, 0.4) is 0 Å². The van der Waals surface area contributed by atoms with Crippen LogP contribution in [-0.2, 0) is 9.47 Å². The highest BCUT2D eigenvalue weighted by Crippen LogP contribution is 2.81. The maximum atomic E-state index is 11.7. The Bertz CT molecular complexity index is 535. The standard InChI is InChI=1S/C18H28O4/c1-5-10-21-13-14(3)6-8-17(13,20)18-15(14,4)7-9-16(18,19)12(2)11-22-18/h5,12-13,19-20H,1,6-11H2,2-4H3/t12-,13+,14+,15-,16+,17+,18-/m0/s1. The van der Waals surface area contributed by atoms with Crippen molar-refractivity contribution in [2.45, 2.75) is 69.4 Å². The minimum absolute atomic E-state index is 0.0429. The molecule has 124 valence electrons. The van der Waals surface area contributed by atoms with Gasteiger partial charge in [-0.25, -0.2) is 0 Å². The Hall–Kier alpha value is -0.420. The highest BCUT2D eigenvalue weighted by Gasteiger charge is 2.91. The van der Waals surface area contributed by atoms with Crippen LogP contribution in [0.2, 0.25) is 0 Å². The molecule has 0 aromatic carbocycles. The molecule has 2 N–H and O–H groups in total. The molecule has 7 atom stereocenters. The molecule has 1 aliphatic heterocycles. The number of aliphatic hydroxyl groups is 2. The second kappa shape index (κ2) is 3.97. The number of hydrogen-bond donors (Lipinski definition) is 2. The predicted octanol–water partition coefficient (Wildman–Crippen LogP) is 2.04. The maximum absolute atomic E-state index is 11.7. The molecule has 0 unspecified atom stereocenters. The van der Waals surface area contributed by atoms with Crippen molar-refractivity contribution in [1.82, 2.24) is 0 Å². The van der Waals surface area contributed by atoms with Crippen LogP contribution in [0.25, 0.3) is 0 Å². The lowest BCUT2D eigenvalue weighted by atomic mass is 9.56. The maximum Gasteiger partial charge on any atom is 0.134 e. The van der Waals surface area contributed by atoms with Crippen molar-refractivity contribution in [3.63, 3.8) is 0 Å². The first kappa shape index (κ1) is 15.1. The molecule has 4 aliphatic rings. The minimum Gasteiger partial charge on any atom is -0.386 e. The zero-order chi connectivity index (χ0) is 16.0. The fourth-order valence-corrected chi connectivity index (χ4v) is 6.85. The molecule has 22 heavy (non-hydrogen) atoms. The molecule has 4 nitrogen and oxygen atoms in total. The lowest BCUT2D eigenvalue weighted by molar-refractivity contribution is -0.256. The third-order valence-electron chi connectivity index (χ3n) is 8.05. The van der Waals surface area contributed by atoms with Crippen LogP contribution < -0.4 is 0 Å². The Labute approximate surface area is 132 Å². The van der Waals surface area contributed by atoms with Crippen molar-refractivity contribution < 1.29 is 19.7 Å². The van der Waals surface area contributed by atoms with Crippen molar-refractivity contribution in [3.05, 3.63) is 12.7 Å².